The van der Waals surface area contributed by atoms with E-state index >= 15 is 0 Å². The molecule has 10 heteroatoms. The van der Waals surface area contributed by atoms with Crippen LogP contribution in [-0.4, -0.2) is 84.6 Å². The van der Waals surface area contributed by atoms with Crippen molar-refractivity contribution in [2.75, 3.05) is 40.9 Å². The molecule has 0 rings (SSSR count). The Morgan fingerprint density at radius 3 is 1.80 bits per heavy atom. The van der Waals surface area contributed by atoms with Gasteiger partial charge in [-0.1, -0.05) is 92.0 Å². The standard InChI is InChI=1S/C41H71N2O7P/c1-6-8-10-12-14-16-18-20-21-22-24-26-28-30-32-34-40(45)42-38(37-50-51(47,48)49-36-35-43(3,4)5)41(46)39(44)33-31-29-27-25-23-19-17-15-13-11-9-7-2/h7-10,14-17,20-21,24-27,38-39,41,44,46H,6,11-13,18-19,22-23,28-37H2,1-5H3,(H-,42,45,47,48)/p+1/b9-7+,10-8-,16-14-,17-15+,21-20-,26-24-,27-25+. The van der Waals surface area contributed by atoms with E-state index in [-0.39, 0.29) is 18.9 Å². The van der Waals surface area contributed by atoms with Gasteiger partial charge in [0.2, 0.25) is 5.91 Å². The van der Waals surface area contributed by atoms with Crippen LogP contribution in [0, 0.1) is 0 Å². The number of phosphoric ester groups is 1. The molecule has 4 unspecified atom stereocenters. The molecule has 4 atom stereocenters. The van der Waals surface area contributed by atoms with Gasteiger partial charge in [0.25, 0.3) is 0 Å². The molecule has 0 fully saturated rings. The number of hydrogen-bond acceptors (Lipinski definition) is 6. The number of allylic oxidation sites excluding steroid dienone is 14. The minimum Gasteiger partial charge on any atom is -0.390 e. The monoisotopic (exact) mass is 736 g/mol. The molecule has 0 aromatic heterocycles. The van der Waals surface area contributed by atoms with Gasteiger partial charge in [-0.3, -0.25) is 13.8 Å². The molecular formula is C41H72N2O7P+. The lowest BCUT2D eigenvalue weighted by atomic mass is 10.0. The fraction of sp³-hybridized carbons (Fsp3) is 0.634. The van der Waals surface area contributed by atoms with Gasteiger partial charge in [-0.05, 0) is 96.8 Å². The Morgan fingerprint density at radius 2 is 1.24 bits per heavy atom. The summed E-state index contributed by atoms with van der Waals surface area (Å²) in [5.74, 6) is -0.322. The predicted octanol–water partition coefficient (Wildman–Crippen LogP) is 8.82. The Balaban J connectivity index is 4.79. The summed E-state index contributed by atoms with van der Waals surface area (Å²) in [5.41, 5.74) is 0. The number of quaternary nitrogens is 1. The Bertz CT molecular complexity index is 1120. The first-order chi connectivity index (χ1) is 24.4. The fourth-order valence-corrected chi connectivity index (χ4v) is 5.43. The normalized spacial score (nSPS) is 16.2. The Labute approximate surface area is 310 Å². The molecular weight excluding hydrogens is 663 g/mol. The second-order valence-electron chi connectivity index (χ2n) is 13.7. The third-order valence-corrected chi connectivity index (χ3v) is 8.75. The minimum absolute atomic E-state index is 0.000873. The summed E-state index contributed by atoms with van der Waals surface area (Å²) in [4.78, 5) is 23.0. The third kappa shape index (κ3) is 33.2. The van der Waals surface area contributed by atoms with Gasteiger partial charge in [0.1, 0.15) is 19.3 Å². The van der Waals surface area contributed by atoms with Crippen molar-refractivity contribution in [2.45, 2.75) is 128 Å². The van der Waals surface area contributed by atoms with Gasteiger partial charge in [-0.2, -0.15) is 0 Å². The van der Waals surface area contributed by atoms with Gasteiger partial charge in [0, 0.05) is 6.42 Å². The number of nitrogens with one attached hydrogen (secondary N) is 1. The predicted molar refractivity (Wildman–Crippen MR) is 213 cm³/mol. The Hall–Kier alpha value is -2.36. The molecule has 292 valence electrons. The van der Waals surface area contributed by atoms with Crippen molar-refractivity contribution >= 4 is 13.7 Å². The molecule has 51 heavy (non-hydrogen) atoms. The van der Waals surface area contributed by atoms with Gasteiger partial charge in [0.05, 0.1) is 39.9 Å². The van der Waals surface area contributed by atoms with Crippen molar-refractivity contribution in [3.8, 4) is 0 Å². The van der Waals surface area contributed by atoms with E-state index in [1.807, 2.05) is 28.1 Å². The molecule has 9 nitrogen and oxygen atoms in total. The maximum Gasteiger partial charge on any atom is 0.472 e. The van der Waals surface area contributed by atoms with E-state index in [4.69, 9.17) is 9.05 Å². The second kappa shape index (κ2) is 32.3. The molecule has 0 radical (unpaired) electrons. The van der Waals surface area contributed by atoms with Crippen LogP contribution < -0.4 is 5.32 Å². The molecule has 0 aliphatic rings. The topological polar surface area (TPSA) is 125 Å². The number of unbranched alkanes of at least 4 members (excludes halogenated alkanes) is 5. The van der Waals surface area contributed by atoms with Gasteiger partial charge in [-0.15, -0.1) is 0 Å². The van der Waals surface area contributed by atoms with Crippen molar-refractivity contribution < 1.29 is 38.0 Å². The zero-order valence-corrected chi connectivity index (χ0v) is 33.3. The van der Waals surface area contributed by atoms with E-state index in [0.717, 1.165) is 70.6 Å². The van der Waals surface area contributed by atoms with Crippen LogP contribution in [-0.2, 0) is 18.4 Å². The van der Waals surface area contributed by atoms with Gasteiger partial charge >= 0.3 is 7.82 Å². The number of aliphatic hydroxyl groups excluding tert-OH is 2. The molecule has 0 bridgehead atoms. The number of rotatable bonds is 32. The highest BCUT2D eigenvalue weighted by Crippen LogP contribution is 2.43. The lowest BCUT2D eigenvalue weighted by Gasteiger charge is -2.28. The highest BCUT2D eigenvalue weighted by atomic mass is 31.2. The molecule has 0 saturated carbocycles. The largest absolute Gasteiger partial charge is 0.472 e. The molecule has 0 aliphatic carbocycles. The zero-order valence-electron chi connectivity index (χ0n) is 32.4. The number of likely N-dealkylation sites (N-methyl/N-ethyl adjacent to an activating group) is 1. The van der Waals surface area contributed by atoms with Crippen molar-refractivity contribution in [1.29, 1.82) is 0 Å². The summed E-state index contributed by atoms with van der Waals surface area (Å²) in [6.45, 7) is 4.16. The Kier molecular flexibility index (Phi) is 30.8. The SMILES string of the molecule is C/C=C/CC/C=C/CC/C=C/CCCC(O)C(O)C(COP(=O)(O)OCC[N+](C)(C)C)NC(=O)CCCC/C=C\C/C=C\C/C=C\C/C=C\CC. The number of amides is 1. The van der Waals surface area contributed by atoms with Gasteiger partial charge < -0.3 is 24.9 Å². The highest BCUT2D eigenvalue weighted by Gasteiger charge is 2.31. The fourth-order valence-electron chi connectivity index (χ4n) is 4.70. The highest BCUT2D eigenvalue weighted by molar-refractivity contribution is 7.47. The van der Waals surface area contributed by atoms with Crippen molar-refractivity contribution in [3.05, 3.63) is 85.1 Å². The lowest BCUT2D eigenvalue weighted by Crippen LogP contribution is -2.51. The molecule has 0 aliphatic heterocycles. The van der Waals surface area contributed by atoms with Crippen LogP contribution in [0.25, 0.3) is 0 Å². The minimum atomic E-state index is -4.44. The number of aliphatic hydroxyl groups is 2. The van der Waals surface area contributed by atoms with Crippen molar-refractivity contribution in [1.82, 2.24) is 5.32 Å². The third-order valence-electron chi connectivity index (χ3n) is 7.77. The lowest BCUT2D eigenvalue weighted by molar-refractivity contribution is -0.870. The first-order valence-electron chi connectivity index (χ1n) is 19.0. The van der Waals surface area contributed by atoms with Crippen LogP contribution in [0.1, 0.15) is 110 Å². The van der Waals surface area contributed by atoms with E-state index in [0.29, 0.717) is 30.3 Å². The average molecular weight is 736 g/mol. The summed E-state index contributed by atoms with van der Waals surface area (Å²) in [5, 5.41) is 24.5. The summed E-state index contributed by atoms with van der Waals surface area (Å²) >= 11 is 0. The molecule has 0 aromatic rings. The van der Waals surface area contributed by atoms with E-state index in [2.05, 4.69) is 97.3 Å². The molecule has 0 heterocycles. The second-order valence-corrected chi connectivity index (χ2v) is 15.1. The van der Waals surface area contributed by atoms with E-state index in [9.17, 15) is 24.5 Å². The number of nitrogens with zero attached hydrogens (tertiary/aromatic N) is 1. The van der Waals surface area contributed by atoms with E-state index in [1.54, 1.807) is 0 Å². The Morgan fingerprint density at radius 1 is 0.725 bits per heavy atom. The summed E-state index contributed by atoms with van der Waals surface area (Å²) in [7, 11) is 1.35. The number of carbonyl (C=O) groups is 1. The quantitative estimate of drug-likeness (QED) is 0.0236. The number of hydrogen-bond donors (Lipinski definition) is 4. The molecule has 0 aromatic carbocycles. The maximum absolute atomic E-state index is 12.8. The van der Waals surface area contributed by atoms with Crippen LogP contribution >= 0.6 is 7.82 Å². The van der Waals surface area contributed by atoms with E-state index in [1.165, 1.54) is 0 Å². The molecule has 0 spiro atoms. The van der Waals surface area contributed by atoms with E-state index < -0.39 is 32.7 Å². The first-order valence-corrected chi connectivity index (χ1v) is 20.5. The van der Waals surface area contributed by atoms with Crippen molar-refractivity contribution in [3.63, 3.8) is 0 Å². The van der Waals surface area contributed by atoms with Crippen LogP contribution in [0.15, 0.2) is 85.1 Å². The maximum atomic E-state index is 12.8. The number of carbonyl (C=O) groups excluding carboxylic acids is 1. The summed E-state index contributed by atoms with van der Waals surface area (Å²) < 4.78 is 23.3. The van der Waals surface area contributed by atoms with Crippen LogP contribution in [0.5, 0.6) is 0 Å². The van der Waals surface area contributed by atoms with Crippen LogP contribution in [0.3, 0.4) is 0 Å². The molecule has 4 N–H and O–H groups in total. The average Bonchev–Trinajstić information content (AvgIpc) is 3.07. The van der Waals surface area contributed by atoms with Gasteiger partial charge in [0.15, 0.2) is 0 Å². The molecule has 1 amide bonds. The van der Waals surface area contributed by atoms with Crippen molar-refractivity contribution in [2.24, 2.45) is 0 Å². The van der Waals surface area contributed by atoms with Gasteiger partial charge in [-0.25, -0.2) is 4.57 Å². The van der Waals surface area contributed by atoms with Crippen LogP contribution in [0.2, 0.25) is 0 Å². The number of phosphoric acid groups is 1. The first kappa shape index (κ1) is 48.6. The zero-order chi connectivity index (χ0) is 38.1. The van der Waals surface area contributed by atoms with Crippen LogP contribution in [0.4, 0.5) is 0 Å². The summed E-state index contributed by atoms with van der Waals surface area (Å²) in [6, 6.07) is -1.08. The summed E-state index contributed by atoms with van der Waals surface area (Å²) in [6.07, 6.45) is 39.5. The smallest absolute Gasteiger partial charge is 0.390 e. The molecule has 0 saturated heterocycles.